The Morgan fingerprint density at radius 1 is 1.17 bits per heavy atom. The molecule has 0 radical (unpaired) electrons. The van der Waals surface area contributed by atoms with Gasteiger partial charge in [-0.15, -0.1) is 0 Å². The Bertz CT molecular complexity index is 405. The zero-order valence-electron chi connectivity index (χ0n) is 15.8. The van der Waals surface area contributed by atoms with Gasteiger partial charge in [0.25, 0.3) is 0 Å². The molecule has 1 saturated heterocycles. The molecular weight excluding hydrogens is 310 g/mol. The van der Waals surface area contributed by atoms with Crippen LogP contribution in [0.3, 0.4) is 0 Å². The number of esters is 1. The number of unbranched alkanes of at least 4 members (excludes halogenated alkanes) is 2. The van der Waals surface area contributed by atoms with Gasteiger partial charge in [0, 0.05) is 19.6 Å². The maximum absolute atomic E-state index is 12.3. The molecule has 6 nitrogen and oxygen atoms in total. The molecule has 1 aliphatic heterocycles. The second kappa shape index (κ2) is 9.87. The molecule has 6 heteroatoms. The van der Waals surface area contributed by atoms with Crippen LogP contribution >= 0.6 is 0 Å². The summed E-state index contributed by atoms with van der Waals surface area (Å²) in [7, 11) is 1.41. The van der Waals surface area contributed by atoms with Gasteiger partial charge in [0.1, 0.15) is 5.60 Å². The van der Waals surface area contributed by atoms with Crippen LogP contribution in [0, 0.1) is 5.92 Å². The molecule has 2 atom stereocenters. The van der Waals surface area contributed by atoms with E-state index in [0.717, 1.165) is 32.2 Å². The van der Waals surface area contributed by atoms with Crippen LogP contribution in [0.25, 0.3) is 0 Å². The summed E-state index contributed by atoms with van der Waals surface area (Å²) in [4.78, 5) is 25.1. The Hall–Kier alpha value is -1.30. The predicted molar refractivity (Wildman–Crippen MR) is 91.8 cm³/mol. The number of nitrogens with zero attached hydrogens (tertiary/aromatic N) is 1. The maximum atomic E-state index is 12.3. The van der Waals surface area contributed by atoms with Gasteiger partial charge in [-0.25, -0.2) is 4.79 Å². The van der Waals surface area contributed by atoms with E-state index in [1.165, 1.54) is 7.11 Å². The average Bonchev–Trinajstić information content (AvgIpc) is 2.85. The van der Waals surface area contributed by atoms with Crippen LogP contribution in [0.15, 0.2) is 0 Å². The first-order valence-electron chi connectivity index (χ1n) is 8.87. The van der Waals surface area contributed by atoms with Crippen molar-refractivity contribution in [3.8, 4) is 0 Å². The molecule has 1 heterocycles. The van der Waals surface area contributed by atoms with Crippen molar-refractivity contribution in [2.24, 2.45) is 5.92 Å². The number of hydrogen-bond acceptors (Lipinski definition) is 5. The molecule has 140 valence electrons. The van der Waals surface area contributed by atoms with E-state index in [4.69, 9.17) is 9.47 Å². The molecular formula is C18H33NO5. The number of ether oxygens (including phenoxy) is 3. The molecule has 0 aromatic heterocycles. The van der Waals surface area contributed by atoms with Crippen LogP contribution in [0.1, 0.15) is 59.8 Å². The quantitative estimate of drug-likeness (QED) is 0.499. The summed E-state index contributed by atoms with van der Waals surface area (Å²) in [6.07, 6.45) is 3.82. The van der Waals surface area contributed by atoms with Crippen LogP contribution in [0.2, 0.25) is 0 Å². The molecule has 0 saturated carbocycles. The summed E-state index contributed by atoms with van der Waals surface area (Å²) in [5.74, 6) is 0.301. The summed E-state index contributed by atoms with van der Waals surface area (Å²) >= 11 is 0. The lowest BCUT2D eigenvalue weighted by molar-refractivity contribution is -0.140. The SMILES string of the molecule is COC(=O)CCCCCOCC1CC(C)CN1C(=O)OC(C)(C)C. The third-order valence-corrected chi connectivity index (χ3v) is 3.96. The summed E-state index contributed by atoms with van der Waals surface area (Å²) in [5.41, 5.74) is -0.478. The molecule has 1 aliphatic rings. The molecule has 1 rings (SSSR count). The molecule has 24 heavy (non-hydrogen) atoms. The fourth-order valence-corrected chi connectivity index (χ4v) is 2.82. The minimum atomic E-state index is -0.478. The van der Waals surface area contributed by atoms with Gasteiger partial charge in [-0.05, 0) is 46.0 Å². The van der Waals surface area contributed by atoms with Gasteiger partial charge in [0.05, 0.1) is 19.8 Å². The number of hydrogen-bond donors (Lipinski definition) is 0. The topological polar surface area (TPSA) is 65.1 Å². The number of carbonyl (C=O) groups is 2. The van der Waals surface area contributed by atoms with Gasteiger partial charge >= 0.3 is 12.1 Å². The number of carbonyl (C=O) groups excluding carboxylic acids is 2. The number of likely N-dealkylation sites (tertiary alicyclic amines) is 1. The Balaban J connectivity index is 2.25. The van der Waals surface area contributed by atoms with Gasteiger partial charge in [-0.1, -0.05) is 13.3 Å². The lowest BCUT2D eigenvalue weighted by Crippen LogP contribution is -2.41. The lowest BCUT2D eigenvalue weighted by Gasteiger charge is -2.28. The summed E-state index contributed by atoms with van der Waals surface area (Å²) in [5, 5.41) is 0. The van der Waals surface area contributed by atoms with E-state index in [2.05, 4.69) is 11.7 Å². The van der Waals surface area contributed by atoms with E-state index < -0.39 is 5.60 Å². The van der Waals surface area contributed by atoms with Gasteiger partial charge in [-0.3, -0.25) is 4.79 Å². The van der Waals surface area contributed by atoms with Gasteiger partial charge in [-0.2, -0.15) is 0 Å². The smallest absolute Gasteiger partial charge is 0.410 e. The minimum absolute atomic E-state index is 0.0879. The first-order valence-corrected chi connectivity index (χ1v) is 8.87. The van der Waals surface area contributed by atoms with Crippen LogP contribution in [0.4, 0.5) is 4.79 Å². The molecule has 1 amide bonds. The average molecular weight is 343 g/mol. The molecule has 0 aromatic rings. The molecule has 0 aliphatic carbocycles. The van der Waals surface area contributed by atoms with E-state index in [9.17, 15) is 9.59 Å². The molecule has 1 fully saturated rings. The van der Waals surface area contributed by atoms with E-state index >= 15 is 0 Å². The number of amides is 1. The highest BCUT2D eigenvalue weighted by Gasteiger charge is 2.35. The van der Waals surface area contributed by atoms with E-state index in [1.54, 1.807) is 4.90 Å². The van der Waals surface area contributed by atoms with Crippen LogP contribution in [-0.4, -0.2) is 55.5 Å². The van der Waals surface area contributed by atoms with Gasteiger partial charge in [0.2, 0.25) is 0 Å². The van der Waals surface area contributed by atoms with Crippen molar-refractivity contribution in [2.75, 3.05) is 26.9 Å². The van der Waals surface area contributed by atoms with Crippen molar-refractivity contribution >= 4 is 12.1 Å². The van der Waals surface area contributed by atoms with Gasteiger partial charge in [0.15, 0.2) is 0 Å². The lowest BCUT2D eigenvalue weighted by atomic mass is 10.1. The van der Waals surface area contributed by atoms with E-state index in [1.807, 2.05) is 20.8 Å². The summed E-state index contributed by atoms with van der Waals surface area (Å²) < 4.78 is 15.8. The largest absolute Gasteiger partial charge is 0.469 e. The highest BCUT2D eigenvalue weighted by molar-refractivity contribution is 5.69. The van der Waals surface area contributed by atoms with Crippen molar-refractivity contribution < 1.29 is 23.8 Å². The first kappa shape index (κ1) is 20.7. The molecule has 0 aromatic carbocycles. The summed E-state index contributed by atoms with van der Waals surface area (Å²) in [6, 6.07) is 0.0879. The zero-order valence-corrected chi connectivity index (χ0v) is 15.8. The Labute approximate surface area is 145 Å². The fraction of sp³-hybridized carbons (Fsp3) is 0.889. The zero-order chi connectivity index (χ0) is 18.2. The van der Waals surface area contributed by atoms with Crippen molar-refractivity contribution in [1.29, 1.82) is 0 Å². The van der Waals surface area contributed by atoms with E-state index in [-0.39, 0.29) is 18.1 Å². The molecule has 0 N–H and O–H groups in total. The van der Waals surface area contributed by atoms with E-state index in [0.29, 0.717) is 25.6 Å². The molecule has 2 unspecified atom stereocenters. The van der Waals surface area contributed by atoms with Crippen molar-refractivity contribution in [3.05, 3.63) is 0 Å². The third-order valence-electron chi connectivity index (χ3n) is 3.96. The number of methoxy groups -OCH3 is 1. The number of rotatable bonds is 8. The minimum Gasteiger partial charge on any atom is -0.469 e. The standard InChI is InChI=1S/C18H33NO5/c1-14-11-15(19(12-14)17(21)24-18(2,3)4)13-23-10-8-6-7-9-16(20)22-5/h14-15H,6-13H2,1-5H3. The maximum Gasteiger partial charge on any atom is 0.410 e. The third kappa shape index (κ3) is 7.99. The fourth-order valence-electron chi connectivity index (χ4n) is 2.82. The highest BCUT2D eigenvalue weighted by atomic mass is 16.6. The molecule has 0 bridgehead atoms. The Morgan fingerprint density at radius 2 is 1.88 bits per heavy atom. The van der Waals surface area contributed by atoms with Crippen molar-refractivity contribution in [2.45, 2.75) is 71.4 Å². The molecule has 0 spiro atoms. The van der Waals surface area contributed by atoms with Crippen molar-refractivity contribution in [1.82, 2.24) is 4.90 Å². The normalized spacial score (nSPS) is 21.0. The Kier molecular flexibility index (Phi) is 8.53. The highest BCUT2D eigenvalue weighted by Crippen LogP contribution is 2.25. The summed E-state index contributed by atoms with van der Waals surface area (Å²) in [6.45, 7) is 9.69. The van der Waals surface area contributed by atoms with Gasteiger partial charge < -0.3 is 19.1 Å². The Morgan fingerprint density at radius 3 is 2.50 bits per heavy atom. The first-order chi connectivity index (χ1) is 11.2. The van der Waals surface area contributed by atoms with Crippen LogP contribution in [0.5, 0.6) is 0 Å². The second-order valence-electron chi connectivity index (χ2n) is 7.59. The second-order valence-corrected chi connectivity index (χ2v) is 7.59. The van der Waals surface area contributed by atoms with Crippen LogP contribution in [-0.2, 0) is 19.0 Å². The van der Waals surface area contributed by atoms with Crippen molar-refractivity contribution in [3.63, 3.8) is 0 Å². The predicted octanol–water partition coefficient (Wildman–Crippen LogP) is 3.38. The van der Waals surface area contributed by atoms with Crippen LogP contribution < -0.4 is 0 Å². The monoisotopic (exact) mass is 343 g/mol.